The third kappa shape index (κ3) is 4.98. The van der Waals surface area contributed by atoms with Crippen LogP contribution in [0.15, 0.2) is 24.3 Å². The van der Waals surface area contributed by atoms with Gasteiger partial charge in [0.25, 0.3) is 0 Å². The lowest BCUT2D eigenvalue weighted by Gasteiger charge is -2.38. The fourth-order valence-electron chi connectivity index (χ4n) is 5.20. The fraction of sp³-hybridized carbons (Fsp3) is 0.536. The molecule has 0 radical (unpaired) electrons. The van der Waals surface area contributed by atoms with Crippen LogP contribution in [0.4, 0.5) is 24.7 Å². The summed E-state index contributed by atoms with van der Waals surface area (Å²) in [4.78, 5) is 18.3. The molecule has 0 spiro atoms. The van der Waals surface area contributed by atoms with Gasteiger partial charge < -0.3 is 20.1 Å². The number of benzene rings is 1. The summed E-state index contributed by atoms with van der Waals surface area (Å²) in [6.45, 7) is 11.2. The van der Waals surface area contributed by atoms with Crippen LogP contribution in [-0.4, -0.2) is 69.9 Å². The number of hydrogen-bond acceptors (Lipinski definition) is 8. The maximum absolute atomic E-state index is 15.5. The van der Waals surface area contributed by atoms with E-state index in [1.165, 1.54) is 12.1 Å². The van der Waals surface area contributed by atoms with Gasteiger partial charge in [0.1, 0.15) is 28.7 Å². The van der Waals surface area contributed by atoms with Gasteiger partial charge in [-0.1, -0.05) is 12.1 Å². The zero-order chi connectivity index (χ0) is 28.1. The van der Waals surface area contributed by atoms with Crippen LogP contribution in [0.25, 0.3) is 11.0 Å². The van der Waals surface area contributed by atoms with Gasteiger partial charge in [-0.05, 0) is 52.7 Å². The van der Waals surface area contributed by atoms with Crippen molar-refractivity contribution in [2.24, 2.45) is 0 Å². The molecule has 39 heavy (non-hydrogen) atoms. The first-order chi connectivity index (χ1) is 18.4. The van der Waals surface area contributed by atoms with E-state index in [1.807, 2.05) is 6.07 Å². The summed E-state index contributed by atoms with van der Waals surface area (Å²) < 4.78 is 50.9. The number of aromatic nitrogens is 3. The number of alkyl halides is 2. The number of ether oxygens (including phenoxy) is 1. The van der Waals surface area contributed by atoms with Gasteiger partial charge in [-0.2, -0.15) is 13.8 Å². The number of fused-ring (bicyclic) bond motifs is 1. The molecule has 2 fully saturated rings. The van der Waals surface area contributed by atoms with E-state index >= 15 is 4.39 Å². The lowest BCUT2D eigenvalue weighted by atomic mass is 9.96. The lowest BCUT2D eigenvalue weighted by Crippen LogP contribution is -2.49. The van der Waals surface area contributed by atoms with E-state index in [9.17, 15) is 13.9 Å². The molecule has 2 aliphatic rings. The molecule has 0 bridgehead atoms. The number of nitrogens with zero attached hydrogens (tertiary/aromatic N) is 5. The third-order valence-corrected chi connectivity index (χ3v) is 7.82. The Labute approximate surface area is 226 Å². The molecular formula is C28H35F3N6O2. The molecule has 2 N–H and O–H groups in total. The second-order valence-corrected chi connectivity index (χ2v) is 10.8. The largest absolute Gasteiger partial charge is 0.479 e. The van der Waals surface area contributed by atoms with Crippen LogP contribution in [-0.2, 0) is 5.92 Å². The Bertz CT molecular complexity index is 1370. The molecular weight excluding hydrogens is 509 g/mol. The summed E-state index contributed by atoms with van der Waals surface area (Å²) in [5, 5.41) is 13.9. The van der Waals surface area contributed by atoms with Gasteiger partial charge in [-0.15, -0.1) is 0 Å². The van der Waals surface area contributed by atoms with Crippen LogP contribution in [0.2, 0.25) is 0 Å². The number of rotatable bonds is 8. The highest BCUT2D eigenvalue weighted by atomic mass is 19.3. The monoisotopic (exact) mass is 544 g/mol. The van der Waals surface area contributed by atoms with Gasteiger partial charge in [0.2, 0.25) is 5.88 Å². The van der Waals surface area contributed by atoms with Gasteiger partial charge in [-0.25, -0.2) is 14.4 Å². The molecule has 3 heterocycles. The van der Waals surface area contributed by atoms with E-state index in [1.54, 1.807) is 21.0 Å². The second kappa shape index (κ2) is 10.1. The van der Waals surface area contributed by atoms with E-state index in [4.69, 9.17) is 4.74 Å². The molecule has 1 aromatic carbocycles. The molecule has 1 saturated carbocycles. The zero-order valence-electron chi connectivity index (χ0n) is 22.9. The van der Waals surface area contributed by atoms with E-state index in [-0.39, 0.29) is 18.4 Å². The van der Waals surface area contributed by atoms with Gasteiger partial charge >= 0.3 is 5.92 Å². The first-order valence-corrected chi connectivity index (χ1v) is 13.3. The standard InChI is InChI=1S/C28H35F3N6O2/c1-16(2)36-11-13-37(14-12-36)22-15-20-24(33-18(4)34-25(20)35-26(22)39-5)32-17(3)19-7-6-8-21(23(19)29)28(30,31)27(38)9-10-27/h6-8,15-17,38H,9-14H2,1-5H3,(H,32,33,34,35)/t17-/m1/s1. The maximum Gasteiger partial charge on any atom is 0.304 e. The number of aryl methyl sites for hydroxylation is 1. The molecule has 0 amide bonds. The smallest absolute Gasteiger partial charge is 0.304 e. The number of methoxy groups -OCH3 is 1. The van der Waals surface area contributed by atoms with E-state index < -0.39 is 28.9 Å². The van der Waals surface area contributed by atoms with Crippen molar-refractivity contribution in [3.8, 4) is 5.88 Å². The van der Waals surface area contributed by atoms with E-state index in [0.29, 0.717) is 34.6 Å². The number of hydrogen-bond donors (Lipinski definition) is 2. The Morgan fingerprint density at radius 1 is 1.08 bits per heavy atom. The zero-order valence-corrected chi connectivity index (χ0v) is 22.9. The summed E-state index contributed by atoms with van der Waals surface area (Å²) in [6, 6.07) is 5.55. The molecule has 1 saturated heterocycles. The number of piperazine rings is 1. The number of aliphatic hydroxyl groups is 1. The minimum Gasteiger partial charge on any atom is -0.479 e. The Hall–Kier alpha value is -3.18. The first kappa shape index (κ1) is 27.4. The van der Waals surface area contributed by atoms with Gasteiger partial charge in [0.15, 0.2) is 5.65 Å². The third-order valence-electron chi connectivity index (χ3n) is 7.82. The molecule has 1 aliphatic carbocycles. The van der Waals surface area contributed by atoms with Crippen molar-refractivity contribution >= 4 is 22.5 Å². The molecule has 0 unspecified atom stereocenters. The van der Waals surface area contributed by atoms with Crippen molar-refractivity contribution in [1.82, 2.24) is 19.9 Å². The summed E-state index contributed by atoms with van der Waals surface area (Å²) in [5.41, 5.74) is -1.72. The lowest BCUT2D eigenvalue weighted by molar-refractivity contribution is -0.134. The quantitative estimate of drug-likeness (QED) is 0.418. The summed E-state index contributed by atoms with van der Waals surface area (Å²) >= 11 is 0. The predicted molar refractivity (Wildman–Crippen MR) is 144 cm³/mol. The van der Waals surface area contributed by atoms with Crippen molar-refractivity contribution in [2.75, 3.05) is 43.5 Å². The highest BCUT2D eigenvalue weighted by molar-refractivity contribution is 5.90. The number of pyridine rings is 1. The molecule has 1 aliphatic heterocycles. The van der Waals surface area contributed by atoms with Gasteiger partial charge in [0.05, 0.1) is 24.1 Å². The normalized spacial score (nSPS) is 18.5. The highest BCUT2D eigenvalue weighted by Gasteiger charge is 2.63. The second-order valence-electron chi connectivity index (χ2n) is 10.8. The predicted octanol–water partition coefficient (Wildman–Crippen LogP) is 4.80. The van der Waals surface area contributed by atoms with Crippen LogP contribution < -0.4 is 15.0 Å². The SMILES string of the molecule is COc1nc2nc(C)nc(N[C@H](C)c3cccc(C(F)(F)C4(O)CC4)c3F)c2cc1N1CCN(C(C)C)CC1. The molecule has 2 aromatic heterocycles. The fourth-order valence-corrected chi connectivity index (χ4v) is 5.20. The van der Waals surface area contributed by atoms with Gasteiger partial charge in [0, 0.05) is 37.8 Å². The van der Waals surface area contributed by atoms with E-state index in [0.717, 1.165) is 37.9 Å². The van der Waals surface area contributed by atoms with Crippen LogP contribution in [0.1, 0.15) is 56.6 Å². The van der Waals surface area contributed by atoms with Crippen molar-refractivity contribution in [1.29, 1.82) is 0 Å². The maximum atomic E-state index is 15.5. The minimum absolute atomic E-state index is 0.0485. The minimum atomic E-state index is -3.68. The molecule has 8 nitrogen and oxygen atoms in total. The first-order valence-electron chi connectivity index (χ1n) is 13.3. The van der Waals surface area contributed by atoms with Crippen LogP contribution in [0, 0.1) is 12.7 Å². The van der Waals surface area contributed by atoms with Crippen LogP contribution in [0.3, 0.4) is 0 Å². The Balaban J connectivity index is 1.49. The highest BCUT2D eigenvalue weighted by Crippen LogP contribution is 2.54. The van der Waals surface area contributed by atoms with Crippen molar-refractivity contribution < 1.29 is 23.0 Å². The number of halogens is 3. The number of nitrogens with one attached hydrogen (secondary N) is 1. The van der Waals surface area contributed by atoms with Crippen molar-refractivity contribution in [3.63, 3.8) is 0 Å². The summed E-state index contributed by atoms with van der Waals surface area (Å²) in [7, 11) is 1.57. The Kier molecular flexibility index (Phi) is 7.09. The molecule has 1 atom stereocenters. The molecule has 5 rings (SSSR count). The average molecular weight is 545 g/mol. The van der Waals surface area contributed by atoms with Crippen molar-refractivity contribution in [2.45, 2.75) is 64.1 Å². The average Bonchev–Trinajstić information content (AvgIpc) is 3.67. The Morgan fingerprint density at radius 3 is 2.38 bits per heavy atom. The van der Waals surface area contributed by atoms with Crippen LogP contribution >= 0.6 is 0 Å². The summed E-state index contributed by atoms with van der Waals surface area (Å²) in [6.07, 6.45) is -0.121. The molecule has 11 heteroatoms. The number of anilines is 2. The summed E-state index contributed by atoms with van der Waals surface area (Å²) in [5.74, 6) is -3.40. The van der Waals surface area contributed by atoms with Crippen LogP contribution in [0.5, 0.6) is 5.88 Å². The molecule has 3 aromatic rings. The van der Waals surface area contributed by atoms with E-state index in [2.05, 4.69) is 43.9 Å². The van der Waals surface area contributed by atoms with Gasteiger partial charge in [-0.3, -0.25) is 4.90 Å². The Morgan fingerprint density at radius 2 is 1.77 bits per heavy atom. The topological polar surface area (TPSA) is 86.6 Å². The molecule has 210 valence electrons. The van der Waals surface area contributed by atoms with Crippen molar-refractivity contribution in [3.05, 3.63) is 47.0 Å².